The van der Waals surface area contributed by atoms with Crippen molar-refractivity contribution < 1.29 is 9.53 Å². The number of aryl methyl sites for hydroxylation is 1. The van der Waals surface area contributed by atoms with Crippen LogP contribution in [0, 0.1) is 6.92 Å². The predicted molar refractivity (Wildman–Crippen MR) is 76.9 cm³/mol. The molecule has 1 aliphatic rings. The van der Waals surface area contributed by atoms with Gasteiger partial charge >= 0.3 is 0 Å². The van der Waals surface area contributed by atoms with Crippen molar-refractivity contribution in [2.75, 3.05) is 0 Å². The van der Waals surface area contributed by atoms with E-state index < -0.39 is 6.10 Å². The number of nitrogens with zero attached hydrogens (tertiary/aromatic N) is 1. The number of amides is 1. The Morgan fingerprint density at radius 2 is 2.30 bits per heavy atom. The minimum Gasteiger partial charge on any atom is -0.363 e. The third-order valence-corrected chi connectivity index (χ3v) is 3.87. The topological polar surface area (TPSA) is 69.3 Å². The van der Waals surface area contributed by atoms with Gasteiger partial charge in [0.1, 0.15) is 6.10 Å². The molecule has 3 rings (SSSR count). The lowest BCUT2D eigenvalue weighted by Gasteiger charge is -2.14. The molecular weight excluding hydrogens is 254 g/mol. The smallest absolute Gasteiger partial charge is 0.263 e. The molecule has 0 spiro atoms. The van der Waals surface area contributed by atoms with Gasteiger partial charge in [-0.2, -0.15) is 0 Å². The van der Waals surface area contributed by atoms with Gasteiger partial charge in [0.15, 0.2) is 0 Å². The van der Waals surface area contributed by atoms with E-state index in [1.54, 1.807) is 0 Å². The first-order valence-electron chi connectivity index (χ1n) is 6.89. The lowest BCUT2D eigenvalue weighted by Crippen LogP contribution is -2.39. The second-order valence-corrected chi connectivity index (χ2v) is 5.36. The Morgan fingerprint density at radius 1 is 1.45 bits per heavy atom. The Labute approximate surface area is 117 Å². The minimum absolute atomic E-state index is 0.0641. The number of nitrogens with two attached hydrogens (primary N) is 1. The summed E-state index contributed by atoms with van der Waals surface area (Å²) in [5.41, 5.74) is 4.61. The normalized spacial score (nSPS) is 22.3. The molecule has 1 aliphatic heterocycles. The van der Waals surface area contributed by atoms with Crippen molar-refractivity contribution in [2.45, 2.75) is 38.5 Å². The summed E-state index contributed by atoms with van der Waals surface area (Å²) in [6, 6.07) is 8.52. The van der Waals surface area contributed by atoms with Crippen LogP contribution in [0.5, 0.6) is 0 Å². The summed E-state index contributed by atoms with van der Waals surface area (Å²) in [6.45, 7) is 2.85. The summed E-state index contributed by atoms with van der Waals surface area (Å²) in [5, 5.41) is 1.24. The third kappa shape index (κ3) is 2.42. The number of fused-ring (bicyclic) bond motifs is 1. The lowest BCUT2D eigenvalue weighted by atomic mass is 10.1. The number of nitrogens with one attached hydrogen (secondary N) is 1. The van der Waals surface area contributed by atoms with Gasteiger partial charge < -0.3 is 9.30 Å². The molecular formula is C15H19N3O2. The number of carbonyl (C=O) groups is 1. The molecule has 5 heteroatoms. The zero-order chi connectivity index (χ0) is 14.1. The SMILES string of the molecule is Cc1ccc2c(ccn2CC2CCC(C(=O)NN)O2)c1. The molecule has 2 unspecified atom stereocenters. The molecule has 0 radical (unpaired) electrons. The molecule has 1 amide bonds. The summed E-state index contributed by atoms with van der Waals surface area (Å²) >= 11 is 0. The van der Waals surface area contributed by atoms with Crippen LogP contribution in [0.15, 0.2) is 30.5 Å². The van der Waals surface area contributed by atoms with Crippen molar-refractivity contribution in [1.82, 2.24) is 9.99 Å². The van der Waals surface area contributed by atoms with E-state index in [1.807, 2.05) is 0 Å². The fourth-order valence-electron chi connectivity index (χ4n) is 2.82. The molecule has 1 aromatic carbocycles. The molecule has 3 N–H and O–H groups in total. The van der Waals surface area contributed by atoms with E-state index in [1.165, 1.54) is 16.5 Å². The summed E-state index contributed by atoms with van der Waals surface area (Å²) in [4.78, 5) is 11.4. The standard InChI is InChI=1S/C15H19N3O2/c1-10-2-4-13-11(8-10)6-7-18(13)9-12-3-5-14(20-12)15(19)17-16/h2,4,6-8,12,14H,3,5,9,16H2,1H3,(H,17,19). The van der Waals surface area contributed by atoms with Gasteiger partial charge in [0.05, 0.1) is 6.10 Å². The van der Waals surface area contributed by atoms with Gasteiger partial charge in [-0.05, 0) is 43.4 Å². The van der Waals surface area contributed by atoms with Gasteiger partial charge in [0.25, 0.3) is 5.91 Å². The number of hydrogen-bond acceptors (Lipinski definition) is 3. The lowest BCUT2D eigenvalue weighted by molar-refractivity contribution is -0.132. The van der Waals surface area contributed by atoms with E-state index in [0.29, 0.717) is 0 Å². The van der Waals surface area contributed by atoms with Crippen molar-refractivity contribution in [2.24, 2.45) is 5.84 Å². The van der Waals surface area contributed by atoms with Crippen molar-refractivity contribution in [3.8, 4) is 0 Å². The third-order valence-electron chi connectivity index (χ3n) is 3.87. The van der Waals surface area contributed by atoms with Crippen LogP contribution < -0.4 is 11.3 Å². The van der Waals surface area contributed by atoms with Gasteiger partial charge in [-0.15, -0.1) is 0 Å². The monoisotopic (exact) mass is 273 g/mol. The van der Waals surface area contributed by atoms with Gasteiger partial charge in [0.2, 0.25) is 0 Å². The predicted octanol–water partition coefficient (Wildman–Crippen LogP) is 1.49. The molecule has 2 aromatic rings. The van der Waals surface area contributed by atoms with Crippen molar-refractivity contribution in [1.29, 1.82) is 0 Å². The Balaban J connectivity index is 1.73. The summed E-state index contributed by atoms with van der Waals surface area (Å²) in [5.74, 6) is 4.90. The summed E-state index contributed by atoms with van der Waals surface area (Å²) in [7, 11) is 0. The quantitative estimate of drug-likeness (QED) is 0.505. The Bertz CT molecular complexity index is 635. The zero-order valence-electron chi connectivity index (χ0n) is 11.5. The highest BCUT2D eigenvalue weighted by atomic mass is 16.5. The molecule has 0 aliphatic carbocycles. The Kier molecular flexibility index (Phi) is 3.46. The molecule has 106 valence electrons. The maximum atomic E-state index is 11.4. The zero-order valence-corrected chi connectivity index (χ0v) is 11.5. The first-order chi connectivity index (χ1) is 9.67. The Morgan fingerprint density at radius 3 is 3.10 bits per heavy atom. The fourth-order valence-corrected chi connectivity index (χ4v) is 2.82. The molecule has 5 nitrogen and oxygen atoms in total. The highest BCUT2D eigenvalue weighted by Crippen LogP contribution is 2.24. The largest absolute Gasteiger partial charge is 0.363 e. The average Bonchev–Trinajstić information content (AvgIpc) is 3.06. The number of carbonyl (C=O) groups excluding carboxylic acids is 1. The van der Waals surface area contributed by atoms with E-state index in [-0.39, 0.29) is 12.0 Å². The van der Waals surface area contributed by atoms with Crippen LogP contribution in [0.1, 0.15) is 18.4 Å². The van der Waals surface area contributed by atoms with Gasteiger partial charge in [-0.25, -0.2) is 5.84 Å². The van der Waals surface area contributed by atoms with Crippen LogP contribution >= 0.6 is 0 Å². The van der Waals surface area contributed by atoms with Gasteiger partial charge in [0, 0.05) is 18.3 Å². The van der Waals surface area contributed by atoms with E-state index in [0.717, 1.165) is 19.4 Å². The molecule has 2 atom stereocenters. The Hall–Kier alpha value is -1.85. The molecule has 0 saturated carbocycles. The number of hydrazine groups is 1. The maximum Gasteiger partial charge on any atom is 0.263 e. The average molecular weight is 273 g/mol. The minimum atomic E-state index is -0.408. The van der Waals surface area contributed by atoms with Gasteiger partial charge in [-0.1, -0.05) is 11.6 Å². The number of rotatable bonds is 3. The van der Waals surface area contributed by atoms with E-state index >= 15 is 0 Å². The number of hydrogen-bond donors (Lipinski definition) is 2. The van der Waals surface area contributed by atoms with Crippen LogP contribution in [-0.4, -0.2) is 22.7 Å². The maximum absolute atomic E-state index is 11.4. The molecule has 20 heavy (non-hydrogen) atoms. The molecule has 1 aromatic heterocycles. The van der Waals surface area contributed by atoms with Crippen LogP contribution in [0.3, 0.4) is 0 Å². The van der Waals surface area contributed by atoms with Crippen LogP contribution in [0.25, 0.3) is 10.9 Å². The van der Waals surface area contributed by atoms with E-state index in [2.05, 4.69) is 47.4 Å². The molecule has 2 heterocycles. The first-order valence-corrected chi connectivity index (χ1v) is 6.89. The second kappa shape index (κ2) is 5.26. The summed E-state index contributed by atoms with van der Waals surface area (Å²) in [6.07, 6.45) is 3.34. The van der Waals surface area contributed by atoms with Crippen molar-refractivity contribution in [3.63, 3.8) is 0 Å². The van der Waals surface area contributed by atoms with Crippen LogP contribution in [-0.2, 0) is 16.1 Å². The first kappa shape index (κ1) is 13.1. The van der Waals surface area contributed by atoms with Crippen molar-refractivity contribution >= 4 is 16.8 Å². The second-order valence-electron chi connectivity index (χ2n) is 5.36. The van der Waals surface area contributed by atoms with Crippen molar-refractivity contribution in [3.05, 3.63) is 36.0 Å². The fraction of sp³-hybridized carbons (Fsp3) is 0.400. The number of aromatic nitrogens is 1. The van der Waals surface area contributed by atoms with E-state index in [9.17, 15) is 4.79 Å². The highest BCUT2D eigenvalue weighted by molar-refractivity contribution is 5.81. The van der Waals surface area contributed by atoms with Gasteiger partial charge in [-0.3, -0.25) is 10.2 Å². The van der Waals surface area contributed by atoms with Crippen LogP contribution in [0.2, 0.25) is 0 Å². The highest BCUT2D eigenvalue weighted by Gasteiger charge is 2.30. The summed E-state index contributed by atoms with van der Waals surface area (Å²) < 4.78 is 7.93. The molecule has 0 bridgehead atoms. The van der Waals surface area contributed by atoms with E-state index in [4.69, 9.17) is 10.6 Å². The molecule has 1 fully saturated rings. The number of benzene rings is 1. The van der Waals surface area contributed by atoms with Crippen LogP contribution in [0.4, 0.5) is 0 Å². The molecule has 1 saturated heterocycles. The number of ether oxygens (including phenoxy) is 1.